The fourth-order valence-electron chi connectivity index (χ4n) is 1.45. The highest BCUT2D eigenvalue weighted by atomic mass is 79.9. The molecule has 0 spiro atoms. The van der Waals surface area contributed by atoms with Crippen molar-refractivity contribution in [3.05, 3.63) is 10.3 Å². The molecule has 0 amide bonds. The fourth-order valence-corrected chi connectivity index (χ4v) is 4.90. The van der Waals surface area contributed by atoms with E-state index in [2.05, 4.69) is 15.9 Å². The van der Waals surface area contributed by atoms with Crippen LogP contribution in [-0.2, 0) is 4.52 Å². The van der Waals surface area contributed by atoms with Crippen LogP contribution in [0.15, 0.2) is 10.3 Å². The third kappa shape index (κ3) is 2.20. The lowest BCUT2D eigenvalue weighted by atomic mass is 10.1. The Morgan fingerprint density at radius 1 is 1.50 bits per heavy atom. The van der Waals surface area contributed by atoms with Gasteiger partial charge in [0.05, 0.1) is 4.48 Å². The van der Waals surface area contributed by atoms with Crippen molar-refractivity contribution < 1.29 is 9.42 Å². The summed E-state index contributed by atoms with van der Waals surface area (Å²) < 4.78 is 8.37. The van der Waals surface area contributed by atoms with E-state index in [0.29, 0.717) is 0 Å². The molecule has 0 radical (unpaired) electrons. The quantitative estimate of drug-likeness (QED) is 0.746. The molecule has 0 aromatic heterocycles. The summed E-state index contributed by atoms with van der Waals surface area (Å²) >= 11 is 3.40. The second-order valence-corrected chi connectivity index (χ2v) is 6.77. The Balaban J connectivity index is 2.90. The molecule has 3 nitrogen and oxygen atoms in total. The zero-order valence-corrected chi connectivity index (χ0v) is 11.6. The van der Waals surface area contributed by atoms with Crippen molar-refractivity contribution >= 4 is 23.8 Å². The van der Waals surface area contributed by atoms with Gasteiger partial charge in [-0.15, -0.1) is 0 Å². The maximum absolute atomic E-state index is 12.4. The van der Waals surface area contributed by atoms with Gasteiger partial charge in [-0.05, 0) is 43.6 Å². The molecule has 1 aliphatic heterocycles. The van der Waals surface area contributed by atoms with E-state index in [-0.39, 0.29) is 0 Å². The number of hydrogen-bond acceptors (Lipinski definition) is 3. The molecule has 82 valence electrons. The first-order chi connectivity index (χ1) is 6.35. The molecule has 0 aromatic rings. The van der Waals surface area contributed by atoms with Gasteiger partial charge in [0, 0.05) is 13.1 Å². The average Bonchev–Trinajstić information content (AvgIpc) is 2.23. The van der Waals surface area contributed by atoms with Crippen LogP contribution in [-0.4, -0.2) is 23.4 Å². The third-order valence-electron chi connectivity index (χ3n) is 2.33. The molecule has 0 fully saturated rings. The molecule has 1 aliphatic rings. The van der Waals surface area contributed by atoms with Gasteiger partial charge in [0.15, 0.2) is 0 Å². The molecule has 0 saturated carbocycles. The minimum atomic E-state index is -2.73. The highest BCUT2D eigenvalue weighted by molar-refractivity contribution is 9.11. The molecule has 0 N–H and O–H groups in total. The van der Waals surface area contributed by atoms with Crippen molar-refractivity contribution in [1.29, 1.82) is 0 Å². The summed E-state index contributed by atoms with van der Waals surface area (Å²) in [7, 11) is -2.73. The molecule has 14 heavy (non-hydrogen) atoms. The normalized spacial score (nSPS) is 30.9. The Morgan fingerprint density at radius 2 is 2.00 bits per heavy atom. The SMILES string of the molecule is CCN(CC)[P+]1([O-])C=C(Br)C(C)(C)O1. The van der Waals surface area contributed by atoms with E-state index in [1.54, 1.807) is 5.82 Å². The number of halogens is 1. The van der Waals surface area contributed by atoms with E-state index in [1.807, 2.05) is 32.4 Å². The predicted octanol–water partition coefficient (Wildman–Crippen LogP) is 2.50. The van der Waals surface area contributed by atoms with Crippen LogP contribution in [0.1, 0.15) is 27.7 Å². The van der Waals surface area contributed by atoms with Gasteiger partial charge in [0.25, 0.3) is 0 Å². The first kappa shape index (κ1) is 12.6. The maximum Gasteiger partial charge on any atom is 0.202 e. The van der Waals surface area contributed by atoms with Gasteiger partial charge in [-0.2, -0.15) is 4.67 Å². The zero-order chi connectivity index (χ0) is 11.0. The largest absolute Gasteiger partial charge is 0.637 e. The van der Waals surface area contributed by atoms with Gasteiger partial charge >= 0.3 is 0 Å². The Bertz CT molecular complexity index is 253. The van der Waals surface area contributed by atoms with Gasteiger partial charge < -0.3 is 4.89 Å². The van der Waals surface area contributed by atoms with Crippen molar-refractivity contribution in [2.45, 2.75) is 33.3 Å². The number of nitrogens with zero attached hydrogens (tertiary/aromatic N) is 1. The highest BCUT2D eigenvalue weighted by Crippen LogP contribution is 2.66. The van der Waals surface area contributed by atoms with Crippen molar-refractivity contribution in [1.82, 2.24) is 4.67 Å². The standard InChI is InChI=1S/C9H17BrNO2P/c1-5-11(6-2)14(12)7-8(10)9(3,4)13-14/h7H,5-6H2,1-4H3. The molecule has 0 aromatic carbocycles. The molecule has 0 bridgehead atoms. The van der Waals surface area contributed by atoms with Crippen LogP contribution in [0.5, 0.6) is 0 Å². The Morgan fingerprint density at radius 3 is 2.29 bits per heavy atom. The molecular weight excluding hydrogens is 265 g/mol. The Hall–Kier alpha value is 0.530. The zero-order valence-electron chi connectivity index (χ0n) is 9.08. The molecule has 5 heteroatoms. The van der Waals surface area contributed by atoms with Crippen molar-refractivity contribution in [3.63, 3.8) is 0 Å². The molecular formula is C9H17BrNO2P. The lowest BCUT2D eigenvalue weighted by Crippen LogP contribution is -2.33. The van der Waals surface area contributed by atoms with Crippen LogP contribution in [0, 0.1) is 0 Å². The van der Waals surface area contributed by atoms with Gasteiger partial charge in [0.1, 0.15) is 11.4 Å². The first-order valence-corrected chi connectivity index (χ1v) is 7.24. The van der Waals surface area contributed by atoms with E-state index >= 15 is 0 Å². The maximum atomic E-state index is 12.4. The molecule has 1 rings (SSSR count). The highest BCUT2D eigenvalue weighted by Gasteiger charge is 2.48. The van der Waals surface area contributed by atoms with Crippen LogP contribution in [0.3, 0.4) is 0 Å². The van der Waals surface area contributed by atoms with Gasteiger partial charge in [0.2, 0.25) is 7.87 Å². The Labute approximate surface area is 94.8 Å². The summed E-state index contributed by atoms with van der Waals surface area (Å²) in [6.45, 7) is 9.27. The smallest absolute Gasteiger partial charge is 0.202 e. The van der Waals surface area contributed by atoms with E-state index in [4.69, 9.17) is 4.52 Å². The second kappa shape index (κ2) is 4.18. The molecule has 1 heterocycles. The van der Waals surface area contributed by atoms with E-state index in [1.165, 1.54) is 0 Å². The molecule has 1 unspecified atom stereocenters. The number of rotatable bonds is 3. The van der Waals surface area contributed by atoms with Crippen molar-refractivity contribution in [2.75, 3.05) is 13.1 Å². The van der Waals surface area contributed by atoms with Crippen LogP contribution in [0.25, 0.3) is 0 Å². The minimum absolute atomic E-state index is 0.460. The summed E-state index contributed by atoms with van der Waals surface area (Å²) in [6.07, 6.45) is 0. The van der Waals surface area contributed by atoms with E-state index < -0.39 is 13.5 Å². The van der Waals surface area contributed by atoms with Gasteiger partial charge in [-0.3, -0.25) is 0 Å². The van der Waals surface area contributed by atoms with Gasteiger partial charge in [-0.1, -0.05) is 0 Å². The van der Waals surface area contributed by atoms with Crippen LogP contribution in [0.2, 0.25) is 0 Å². The molecule has 0 saturated heterocycles. The summed E-state index contributed by atoms with van der Waals surface area (Å²) in [6, 6.07) is 0. The summed E-state index contributed by atoms with van der Waals surface area (Å²) in [5.74, 6) is 1.72. The van der Waals surface area contributed by atoms with E-state index in [0.717, 1.165) is 17.6 Å². The first-order valence-electron chi connectivity index (χ1n) is 4.80. The Kier molecular flexibility index (Phi) is 3.77. The summed E-state index contributed by atoms with van der Waals surface area (Å²) in [4.78, 5) is 12.4. The lowest BCUT2D eigenvalue weighted by Gasteiger charge is -2.34. The van der Waals surface area contributed by atoms with Crippen LogP contribution in [0.4, 0.5) is 0 Å². The lowest BCUT2D eigenvalue weighted by molar-refractivity contribution is -0.206. The summed E-state index contributed by atoms with van der Waals surface area (Å²) in [5.41, 5.74) is -0.460. The molecule has 1 atom stereocenters. The second-order valence-electron chi connectivity index (χ2n) is 3.78. The third-order valence-corrected chi connectivity index (χ3v) is 6.53. The fraction of sp³-hybridized carbons (Fsp3) is 0.778. The molecule has 0 aliphatic carbocycles. The van der Waals surface area contributed by atoms with Crippen molar-refractivity contribution in [3.8, 4) is 0 Å². The number of hydrogen-bond donors (Lipinski definition) is 0. The topological polar surface area (TPSA) is 35.5 Å². The van der Waals surface area contributed by atoms with E-state index in [9.17, 15) is 4.89 Å². The van der Waals surface area contributed by atoms with Crippen molar-refractivity contribution in [2.24, 2.45) is 0 Å². The predicted molar refractivity (Wildman–Crippen MR) is 62.0 cm³/mol. The van der Waals surface area contributed by atoms with Crippen LogP contribution >= 0.6 is 23.8 Å². The minimum Gasteiger partial charge on any atom is -0.637 e. The van der Waals surface area contributed by atoms with Crippen LogP contribution < -0.4 is 4.89 Å². The van der Waals surface area contributed by atoms with Gasteiger partial charge in [-0.25, -0.2) is 4.52 Å². The average molecular weight is 282 g/mol. The monoisotopic (exact) mass is 281 g/mol. The summed E-state index contributed by atoms with van der Waals surface area (Å²) in [5, 5.41) is 0.